The summed E-state index contributed by atoms with van der Waals surface area (Å²) in [5, 5.41) is 23.5. The number of rotatable bonds is 8. The van der Waals surface area contributed by atoms with Crippen LogP contribution in [-0.4, -0.2) is 20.7 Å². The summed E-state index contributed by atoms with van der Waals surface area (Å²) in [6.45, 7) is 18.5. The summed E-state index contributed by atoms with van der Waals surface area (Å²) < 4.78 is 154. The second-order valence-corrected chi connectivity index (χ2v) is 31.2. The molecule has 0 saturated heterocycles. The molecular weight excluding hydrogens is 1040 g/mol. The molecule has 4 nitrogen and oxygen atoms in total. The maximum absolute atomic E-state index is 14.8. The maximum atomic E-state index is 14.8. The quantitative estimate of drug-likeness (QED) is 0.0524. The van der Waals surface area contributed by atoms with Crippen LogP contribution in [0.15, 0.2) is 84.9 Å². The Morgan fingerprint density at radius 3 is 1.05 bits per heavy atom. The van der Waals surface area contributed by atoms with Crippen LogP contribution in [-0.2, 0) is 37.8 Å². The van der Waals surface area contributed by atoms with Gasteiger partial charge >= 0.3 is 347 Å². The maximum Gasteiger partial charge on any atom is -0.0866 e. The van der Waals surface area contributed by atoms with Gasteiger partial charge in [0.2, 0.25) is 0 Å². The number of phenolic OH excluding ortho intramolecular Hbond substituents is 2. The SMILES string of the molecule is CC(C)(C)c1cc(C[S]2=[Ti]=[S@@](Cc3cc(C(C)(C)C)cc(Oc4c(F)c(F)c(F)c(F)c4F)c3O)C3CCCCCC[C@@H]32)c(O)c(Oc2c(F)c(F)c(F)c(F)c2F)c1.[CH2-]c1ccccc1.[CH2-]c1ccccc1. The fourth-order valence-electron chi connectivity index (χ4n) is 8.03. The molecule has 4 atom stereocenters. The minimum atomic E-state index is -2.35. The van der Waals surface area contributed by atoms with Gasteiger partial charge in [-0.15, -0.1) is 24.3 Å². The second-order valence-electron chi connectivity index (χ2n) is 19.7. The van der Waals surface area contributed by atoms with Crippen molar-refractivity contribution in [2.24, 2.45) is 0 Å². The first-order valence-corrected chi connectivity index (χ1v) is 30.0. The zero-order chi connectivity index (χ0) is 53.7. The summed E-state index contributed by atoms with van der Waals surface area (Å²) in [7, 11) is -0.686. The van der Waals surface area contributed by atoms with Crippen LogP contribution in [0.25, 0.3) is 0 Å². The van der Waals surface area contributed by atoms with Gasteiger partial charge in [0.1, 0.15) is 0 Å². The van der Waals surface area contributed by atoms with Crippen LogP contribution in [0.4, 0.5) is 43.9 Å². The van der Waals surface area contributed by atoms with E-state index in [9.17, 15) is 54.1 Å². The normalized spacial score (nSPS) is 17.6. The predicted molar refractivity (Wildman–Crippen MR) is 266 cm³/mol. The number of aromatic hydroxyl groups is 2. The molecule has 2 aliphatic rings. The molecule has 0 radical (unpaired) electrons. The van der Waals surface area contributed by atoms with Gasteiger partial charge < -0.3 is 0 Å². The molecule has 1 aliphatic carbocycles. The first-order valence-electron chi connectivity index (χ1n) is 23.3. The smallest absolute Gasteiger partial charge is 0.0866 e. The zero-order valence-electron chi connectivity index (χ0n) is 41.1. The average molecular weight is 1100 g/mol. The number of hydrogen-bond donors (Lipinski definition) is 2. The van der Waals surface area contributed by atoms with Crippen LogP contribution < -0.4 is 9.47 Å². The van der Waals surface area contributed by atoms with Crippen molar-refractivity contribution in [3.05, 3.63) is 190 Å². The van der Waals surface area contributed by atoms with Gasteiger partial charge in [-0.3, -0.25) is 0 Å². The number of ether oxygens (including phenoxy) is 2. The van der Waals surface area contributed by atoms with E-state index in [2.05, 4.69) is 13.8 Å². The van der Waals surface area contributed by atoms with Crippen molar-refractivity contribution in [3.63, 3.8) is 0 Å². The van der Waals surface area contributed by atoms with Gasteiger partial charge in [-0.25, -0.2) is 0 Å². The Morgan fingerprint density at radius 1 is 0.479 bits per heavy atom. The molecule has 1 heterocycles. The Hall–Kier alpha value is -5.03. The fourth-order valence-corrected chi connectivity index (χ4v) is 28.9. The summed E-state index contributed by atoms with van der Waals surface area (Å²) in [6, 6.07) is 25.9. The molecule has 6 aromatic rings. The van der Waals surface area contributed by atoms with Crippen molar-refractivity contribution in [1.29, 1.82) is 0 Å². The van der Waals surface area contributed by atoms with E-state index in [1.165, 1.54) is 12.1 Å². The number of halogens is 10. The molecule has 8 rings (SSSR count). The molecule has 0 spiro atoms. The number of fused-ring (bicyclic) bond motifs is 1. The van der Waals surface area contributed by atoms with Gasteiger partial charge in [0.05, 0.1) is 0 Å². The summed E-state index contributed by atoms with van der Waals surface area (Å²) in [6.07, 6.45) is 5.67. The van der Waals surface area contributed by atoms with Gasteiger partial charge in [-0.05, 0) is 0 Å². The molecule has 2 N–H and O–H groups in total. The van der Waals surface area contributed by atoms with E-state index in [1.807, 2.05) is 102 Å². The molecule has 1 saturated carbocycles. The number of benzene rings is 6. The Morgan fingerprint density at radius 2 is 0.781 bits per heavy atom. The van der Waals surface area contributed by atoms with Crippen LogP contribution >= 0.6 is 15.9 Å². The zero-order valence-corrected chi connectivity index (χ0v) is 44.3. The summed E-state index contributed by atoms with van der Waals surface area (Å²) in [4.78, 5) is 0. The number of phenols is 2. The molecule has 392 valence electrons. The van der Waals surface area contributed by atoms with Crippen molar-refractivity contribution in [1.82, 2.24) is 0 Å². The van der Waals surface area contributed by atoms with Crippen LogP contribution in [0.5, 0.6) is 34.5 Å². The van der Waals surface area contributed by atoms with Crippen molar-refractivity contribution >= 4 is 15.9 Å². The largest absolute Gasteiger partial charge is 0.199 e. The third kappa shape index (κ3) is 13.6. The summed E-state index contributed by atoms with van der Waals surface area (Å²) in [5.41, 5.74) is 2.84. The van der Waals surface area contributed by atoms with Gasteiger partial charge in [0.15, 0.2) is 0 Å². The van der Waals surface area contributed by atoms with E-state index in [0.29, 0.717) is 33.8 Å². The van der Waals surface area contributed by atoms with Gasteiger partial charge in [-0.1, -0.05) is 12.1 Å². The average Bonchev–Trinajstić information content (AvgIpc) is 3.64. The van der Waals surface area contributed by atoms with Gasteiger partial charge in [0, 0.05) is 0 Å². The van der Waals surface area contributed by atoms with Gasteiger partial charge in [-0.2, -0.15) is 49.2 Å². The van der Waals surface area contributed by atoms with Crippen LogP contribution in [0.3, 0.4) is 0 Å². The molecule has 0 aromatic heterocycles. The topological polar surface area (TPSA) is 58.9 Å². The van der Waals surface area contributed by atoms with E-state index in [1.54, 1.807) is 12.1 Å². The summed E-state index contributed by atoms with van der Waals surface area (Å²) in [5.74, 6) is -26.6. The monoisotopic (exact) mass is 1090 g/mol. The minimum absolute atomic E-state index is 0.188. The van der Waals surface area contributed by atoms with E-state index in [4.69, 9.17) is 9.47 Å². The van der Waals surface area contributed by atoms with Gasteiger partial charge in [0.25, 0.3) is 0 Å². The Balaban J connectivity index is 0.000000533. The van der Waals surface area contributed by atoms with E-state index in [-0.39, 0.29) is 26.4 Å². The van der Waals surface area contributed by atoms with Crippen molar-refractivity contribution in [2.75, 3.05) is 0 Å². The first kappa shape index (κ1) is 57.3. The molecule has 17 heteroatoms. The Kier molecular flexibility index (Phi) is 18.9. The molecule has 1 fully saturated rings. The molecule has 0 bridgehead atoms. The fraction of sp³-hybridized carbons (Fsp3) is 0.321. The van der Waals surface area contributed by atoms with Crippen molar-refractivity contribution in [3.8, 4) is 34.5 Å². The predicted octanol–water partition coefficient (Wildman–Crippen LogP) is 17.7. The van der Waals surface area contributed by atoms with Crippen LogP contribution in [0, 0.1) is 72.0 Å². The minimum Gasteiger partial charge on any atom is -0.199 e. The van der Waals surface area contributed by atoms with Crippen molar-refractivity contribution in [2.45, 2.75) is 113 Å². The van der Waals surface area contributed by atoms with Crippen LogP contribution in [0.2, 0.25) is 0 Å². The third-order valence-electron chi connectivity index (χ3n) is 12.2. The third-order valence-corrected chi connectivity index (χ3v) is 28.1. The van der Waals surface area contributed by atoms with E-state index in [0.717, 1.165) is 49.7 Å². The molecule has 1 aliphatic heterocycles. The van der Waals surface area contributed by atoms with Crippen molar-refractivity contribution < 1.29 is 79.0 Å². The molecule has 6 aromatic carbocycles. The number of hydrogen-bond acceptors (Lipinski definition) is 4. The molecular formula is C56H56F10O4S2Ti-2. The second kappa shape index (κ2) is 24.1. The van der Waals surface area contributed by atoms with Crippen LogP contribution in [0.1, 0.15) is 113 Å². The molecule has 0 amide bonds. The molecule has 2 unspecified atom stereocenters. The summed E-state index contributed by atoms with van der Waals surface area (Å²) >= 11 is -0.942. The Labute approximate surface area is 430 Å². The van der Waals surface area contributed by atoms with E-state index >= 15 is 0 Å². The van der Waals surface area contributed by atoms with E-state index < -0.39 is 119 Å². The molecule has 73 heavy (non-hydrogen) atoms. The standard InChI is InChI=1S/C42H42F10O4S2.2C7H7.Ti/c1-41(2,3)21-13-19(37(53)23(15-21)55-39-33(49)29(45)27(43)30(46)34(39)50)17-57-25-11-9-7-8-10-12-26(25)58-18-20-14-22(42(4,5)6)16-24(38(20)54)56-40-35(51)31(47)28(44)32(48)36(40)52;2*1-7-5-3-2-4-6-7;/h13-16,25-26,53-54H,7-12,17-18H2,1-6H3;2*2-6H,1H2;/q;2*-1;/t25-,26?;;;/m0.../s1. The first-order chi connectivity index (χ1) is 34.3. The Bertz CT molecular complexity index is 2790.